The van der Waals surface area contributed by atoms with Gasteiger partial charge in [0.2, 0.25) is 10.0 Å². The Balaban J connectivity index is 2.32. The standard InChI is InChI=1S/C13H21ClN2O2S/c1-10(2)8-16(11-4-5-11)19(17,18)13-6-12(7-14)15(3)9-13/h6,9-11H,4-5,7-8H2,1-3H3. The largest absolute Gasteiger partial charge is 0.352 e. The molecule has 1 aliphatic carbocycles. The Morgan fingerprint density at radius 3 is 2.53 bits per heavy atom. The molecule has 0 aliphatic heterocycles. The first-order valence-corrected chi connectivity index (χ1v) is 8.56. The van der Waals surface area contributed by atoms with Gasteiger partial charge in [0.05, 0.1) is 5.88 Å². The van der Waals surface area contributed by atoms with E-state index < -0.39 is 10.0 Å². The number of hydrogen-bond acceptors (Lipinski definition) is 2. The predicted octanol–water partition coefficient (Wildman–Crippen LogP) is 2.57. The molecule has 4 nitrogen and oxygen atoms in total. The van der Waals surface area contributed by atoms with E-state index in [1.165, 1.54) is 0 Å². The highest BCUT2D eigenvalue weighted by Gasteiger charge is 2.38. The summed E-state index contributed by atoms with van der Waals surface area (Å²) in [4.78, 5) is 0.359. The van der Waals surface area contributed by atoms with E-state index in [9.17, 15) is 8.42 Å². The summed E-state index contributed by atoms with van der Waals surface area (Å²) in [7, 11) is -1.57. The quantitative estimate of drug-likeness (QED) is 0.758. The Morgan fingerprint density at radius 1 is 1.47 bits per heavy atom. The summed E-state index contributed by atoms with van der Waals surface area (Å²) < 4.78 is 28.8. The maximum absolute atomic E-state index is 12.7. The van der Waals surface area contributed by atoms with Crippen LogP contribution in [0.1, 0.15) is 32.4 Å². The van der Waals surface area contributed by atoms with E-state index in [0.29, 0.717) is 23.2 Å². The van der Waals surface area contributed by atoms with E-state index in [1.54, 1.807) is 21.1 Å². The Morgan fingerprint density at radius 2 is 2.11 bits per heavy atom. The summed E-state index contributed by atoms with van der Waals surface area (Å²) in [6, 6.07) is 1.87. The molecule has 0 bridgehead atoms. The minimum absolute atomic E-state index is 0.187. The second-order valence-electron chi connectivity index (χ2n) is 5.61. The monoisotopic (exact) mass is 304 g/mol. The number of aryl methyl sites for hydroxylation is 1. The number of halogens is 1. The molecule has 1 aromatic rings. The van der Waals surface area contributed by atoms with Crippen LogP contribution in [0, 0.1) is 5.92 Å². The third-order valence-electron chi connectivity index (χ3n) is 3.33. The molecule has 0 radical (unpaired) electrons. The Bertz CT molecular complexity index is 547. The first-order valence-electron chi connectivity index (χ1n) is 6.59. The van der Waals surface area contributed by atoms with Crippen LogP contribution in [0.5, 0.6) is 0 Å². The van der Waals surface area contributed by atoms with E-state index >= 15 is 0 Å². The van der Waals surface area contributed by atoms with E-state index in [4.69, 9.17) is 11.6 Å². The number of alkyl halides is 1. The summed E-state index contributed by atoms with van der Waals surface area (Å²) in [5, 5.41) is 0. The fourth-order valence-corrected chi connectivity index (χ4v) is 4.36. The molecule has 1 aromatic heterocycles. The van der Waals surface area contributed by atoms with Crippen LogP contribution in [0.15, 0.2) is 17.2 Å². The fraction of sp³-hybridized carbons (Fsp3) is 0.692. The van der Waals surface area contributed by atoms with Gasteiger partial charge in [-0.15, -0.1) is 11.6 Å². The van der Waals surface area contributed by atoms with Crippen LogP contribution < -0.4 is 0 Å². The van der Waals surface area contributed by atoms with Crippen LogP contribution in [-0.4, -0.2) is 29.9 Å². The molecule has 0 atom stereocenters. The van der Waals surface area contributed by atoms with Crippen molar-refractivity contribution in [2.75, 3.05) is 6.54 Å². The van der Waals surface area contributed by atoms with Crippen molar-refractivity contribution < 1.29 is 8.42 Å². The molecule has 1 saturated carbocycles. The first kappa shape index (κ1) is 14.9. The average molecular weight is 305 g/mol. The zero-order valence-corrected chi connectivity index (χ0v) is 13.2. The summed E-state index contributed by atoms with van der Waals surface area (Å²) in [5.74, 6) is 0.645. The molecule has 0 saturated heterocycles. The average Bonchev–Trinajstić information content (AvgIpc) is 3.08. The van der Waals surface area contributed by atoms with E-state index in [2.05, 4.69) is 0 Å². The molecule has 0 amide bonds. The van der Waals surface area contributed by atoms with Crippen molar-refractivity contribution in [3.05, 3.63) is 18.0 Å². The lowest BCUT2D eigenvalue weighted by Gasteiger charge is -2.23. The van der Waals surface area contributed by atoms with Crippen molar-refractivity contribution >= 4 is 21.6 Å². The van der Waals surface area contributed by atoms with Gasteiger partial charge in [0, 0.05) is 31.5 Å². The molecule has 2 rings (SSSR count). The lowest BCUT2D eigenvalue weighted by atomic mass is 10.2. The number of nitrogens with zero attached hydrogens (tertiary/aromatic N) is 2. The smallest absolute Gasteiger partial charge is 0.244 e. The Labute approximate surface area is 120 Å². The van der Waals surface area contributed by atoms with Crippen LogP contribution in [0.4, 0.5) is 0 Å². The van der Waals surface area contributed by atoms with Gasteiger partial charge in [0.1, 0.15) is 4.90 Å². The van der Waals surface area contributed by atoms with Crippen molar-refractivity contribution in [3.8, 4) is 0 Å². The highest BCUT2D eigenvalue weighted by Crippen LogP contribution is 2.33. The van der Waals surface area contributed by atoms with Gasteiger partial charge >= 0.3 is 0 Å². The van der Waals surface area contributed by atoms with Gasteiger partial charge in [0.25, 0.3) is 0 Å². The van der Waals surface area contributed by atoms with E-state index in [1.807, 2.05) is 20.9 Å². The summed E-state index contributed by atoms with van der Waals surface area (Å²) in [6.07, 6.45) is 3.60. The van der Waals surface area contributed by atoms with Gasteiger partial charge < -0.3 is 4.57 Å². The fourth-order valence-electron chi connectivity index (χ4n) is 2.15. The van der Waals surface area contributed by atoms with Crippen LogP contribution in [-0.2, 0) is 23.0 Å². The highest BCUT2D eigenvalue weighted by molar-refractivity contribution is 7.89. The number of hydrogen-bond donors (Lipinski definition) is 0. The van der Waals surface area contributed by atoms with Gasteiger partial charge in [-0.05, 0) is 24.8 Å². The van der Waals surface area contributed by atoms with Crippen molar-refractivity contribution in [1.29, 1.82) is 0 Å². The first-order chi connectivity index (χ1) is 8.86. The van der Waals surface area contributed by atoms with Gasteiger partial charge in [-0.2, -0.15) is 4.31 Å². The summed E-state index contributed by atoms with van der Waals surface area (Å²) in [5.41, 5.74) is 0.820. The maximum Gasteiger partial charge on any atom is 0.244 e. The molecule has 1 heterocycles. The SMILES string of the molecule is CC(C)CN(C1CC1)S(=O)(=O)c1cc(CCl)n(C)c1. The van der Waals surface area contributed by atoms with E-state index in [0.717, 1.165) is 18.5 Å². The molecule has 1 aliphatic rings. The van der Waals surface area contributed by atoms with Gasteiger partial charge in [-0.1, -0.05) is 13.8 Å². The molecule has 0 spiro atoms. The van der Waals surface area contributed by atoms with Crippen LogP contribution in [0.2, 0.25) is 0 Å². The zero-order chi connectivity index (χ0) is 14.2. The van der Waals surface area contributed by atoms with Crippen LogP contribution in [0.3, 0.4) is 0 Å². The number of sulfonamides is 1. The lowest BCUT2D eigenvalue weighted by Crippen LogP contribution is -2.35. The Hall–Kier alpha value is -0.520. The third-order valence-corrected chi connectivity index (χ3v) is 5.48. The molecule has 0 aromatic carbocycles. The van der Waals surface area contributed by atoms with Crippen molar-refractivity contribution in [2.24, 2.45) is 13.0 Å². The highest BCUT2D eigenvalue weighted by atomic mass is 35.5. The summed E-state index contributed by atoms with van der Waals surface area (Å²) in [6.45, 7) is 4.66. The Kier molecular flexibility index (Phi) is 4.28. The molecule has 0 unspecified atom stereocenters. The molecule has 19 heavy (non-hydrogen) atoms. The lowest BCUT2D eigenvalue weighted by molar-refractivity contribution is 0.360. The van der Waals surface area contributed by atoms with E-state index in [-0.39, 0.29) is 6.04 Å². The molecule has 1 fully saturated rings. The zero-order valence-electron chi connectivity index (χ0n) is 11.6. The molecular formula is C13H21ClN2O2S. The second kappa shape index (κ2) is 5.46. The normalized spacial score (nSPS) is 16.5. The van der Waals surface area contributed by atoms with Gasteiger partial charge in [-0.3, -0.25) is 0 Å². The third kappa shape index (κ3) is 3.15. The topological polar surface area (TPSA) is 42.3 Å². The van der Waals surface area contributed by atoms with Crippen molar-refractivity contribution in [1.82, 2.24) is 8.87 Å². The van der Waals surface area contributed by atoms with Crippen LogP contribution >= 0.6 is 11.6 Å². The minimum Gasteiger partial charge on any atom is -0.352 e. The molecular weight excluding hydrogens is 284 g/mol. The number of rotatable bonds is 6. The van der Waals surface area contributed by atoms with Crippen LogP contribution in [0.25, 0.3) is 0 Å². The van der Waals surface area contributed by atoms with Crippen molar-refractivity contribution in [2.45, 2.75) is 43.5 Å². The van der Waals surface area contributed by atoms with Crippen molar-refractivity contribution in [3.63, 3.8) is 0 Å². The molecule has 0 N–H and O–H groups in total. The molecule has 108 valence electrons. The van der Waals surface area contributed by atoms with Gasteiger partial charge in [0.15, 0.2) is 0 Å². The summed E-state index contributed by atoms with van der Waals surface area (Å²) >= 11 is 5.81. The minimum atomic E-state index is -3.39. The maximum atomic E-state index is 12.7. The molecule has 6 heteroatoms. The van der Waals surface area contributed by atoms with Gasteiger partial charge in [-0.25, -0.2) is 8.42 Å². The number of aromatic nitrogens is 1. The predicted molar refractivity (Wildman–Crippen MR) is 76.7 cm³/mol. The second-order valence-corrected chi connectivity index (χ2v) is 7.77.